The number of nitrogens with zero attached hydrogens (tertiary/aromatic N) is 3. The van der Waals surface area contributed by atoms with E-state index in [1.807, 2.05) is 24.3 Å². The first kappa shape index (κ1) is 17.7. The van der Waals surface area contributed by atoms with Gasteiger partial charge >= 0.3 is 0 Å². The van der Waals surface area contributed by atoms with Gasteiger partial charge in [-0.05, 0) is 5.56 Å². The van der Waals surface area contributed by atoms with Crippen LogP contribution in [0.4, 0.5) is 0 Å². The van der Waals surface area contributed by atoms with Crippen LogP contribution >= 0.6 is 0 Å². The van der Waals surface area contributed by atoms with Crippen molar-refractivity contribution in [3.05, 3.63) is 84.1 Å². The Hall–Kier alpha value is -2.69. The van der Waals surface area contributed by atoms with Gasteiger partial charge in [0.25, 0.3) is 0 Å². The molecule has 0 unspecified atom stereocenters. The van der Waals surface area contributed by atoms with E-state index in [0.717, 1.165) is 56.3 Å². The minimum Gasteiger partial charge on any atom is -0.359 e. The van der Waals surface area contributed by atoms with Crippen LogP contribution in [0.15, 0.2) is 77.3 Å². The third-order valence-corrected chi connectivity index (χ3v) is 4.95. The van der Waals surface area contributed by atoms with Crippen molar-refractivity contribution in [2.24, 2.45) is 0 Å². The average molecular weight is 359 g/mol. The molecule has 4 heteroatoms. The number of benzene rings is 2. The first-order valence-corrected chi connectivity index (χ1v) is 9.54. The molecule has 0 saturated carbocycles. The highest BCUT2D eigenvalue weighted by molar-refractivity contribution is 5.58. The number of hydrogen-bond acceptors (Lipinski definition) is 4. The zero-order valence-corrected chi connectivity index (χ0v) is 15.5. The maximum absolute atomic E-state index is 5.55. The van der Waals surface area contributed by atoms with Gasteiger partial charge in [-0.15, -0.1) is 0 Å². The van der Waals surface area contributed by atoms with Crippen molar-refractivity contribution in [1.82, 2.24) is 15.0 Å². The zero-order valence-electron chi connectivity index (χ0n) is 15.5. The van der Waals surface area contributed by atoms with E-state index in [9.17, 15) is 0 Å². The van der Waals surface area contributed by atoms with Gasteiger partial charge in [-0.3, -0.25) is 9.80 Å². The first-order valence-electron chi connectivity index (χ1n) is 9.54. The minimum atomic E-state index is 0.827. The normalized spacial score (nSPS) is 16.1. The van der Waals surface area contributed by atoms with E-state index in [4.69, 9.17) is 4.52 Å². The lowest BCUT2D eigenvalue weighted by Crippen LogP contribution is -2.45. The van der Waals surface area contributed by atoms with Crippen molar-refractivity contribution < 1.29 is 4.52 Å². The standard InChI is InChI=1S/C23H25N3O/c1-3-8-20(9-4-1)10-7-13-25-14-16-26(17-15-25)19-22-18-23(24-27-22)21-11-5-2-6-12-21/h1-12,18H,13-17,19H2/b10-7+. The van der Waals surface area contributed by atoms with Gasteiger partial charge in [-0.25, -0.2) is 0 Å². The van der Waals surface area contributed by atoms with Gasteiger partial charge in [0.2, 0.25) is 0 Å². The predicted octanol–water partition coefficient (Wildman–Crippen LogP) is 4.17. The molecule has 0 N–H and O–H groups in total. The maximum Gasteiger partial charge on any atom is 0.151 e. The maximum atomic E-state index is 5.55. The summed E-state index contributed by atoms with van der Waals surface area (Å²) in [6.45, 7) is 6.11. The molecule has 1 aromatic heterocycles. The van der Waals surface area contributed by atoms with Crippen LogP contribution in [0.5, 0.6) is 0 Å². The first-order chi connectivity index (χ1) is 13.4. The lowest BCUT2D eigenvalue weighted by atomic mass is 10.1. The third kappa shape index (κ3) is 4.94. The average Bonchev–Trinajstić information content (AvgIpc) is 3.19. The van der Waals surface area contributed by atoms with Crippen LogP contribution in [0.25, 0.3) is 17.3 Å². The highest BCUT2D eigenvalue weighted by Crippen LogP contribution is 2.19. The Labute approximate surface area is 160 Å². The number of rotatable bonds is 6. The van der Waals surface area contributed by atoms with E-state index in [2.05, 4.69) is 69.6 Å². The van der Waals surface area contributed by atoms with Gasteiger partial charge in [0.1, 0.15) is 5.69 Å². The Balaban J connectivity index is 1.24. The van der Waals surface area contributed by atoms with Crippen molar-refractivity contribution >= 4 is 6.08 Å². The fourth-order valence-corrected chi connectivity index (χ4v) is 3.38. The molecule has 0 spiro atoms. The van der Waals surface area contributed by atoms with Crippen LogP contribution < -0.4 is 0 Å². The fourth-order valence-electron chi connectivity index (χ4n) is 3.38. The van der Waals surface area contributed by atoms with Crippen LogP contribution in [-0.2, 0) is 6.54 Å². The molecule has 1 aliphatic rings. The highest BCUT2D eigenvalue weighted by atomic mass is 16.5. The van der Waals surface area contributed by atoms with E-state index in [0.29, 0.717) is 0 Å². The van der Waals surface area contributed by atoms with Crippen molar-refractivity contribution in [2.45, 2.75) is 6.54 Å². The summed E-state index contributed by atoms with van der Waals surface area (Å²) in [6, 6.07) is 22.7. The molecule has 0 aliphatic carbocycles. The van der Waals surface area contributed by atoms with Crippen LogP contribution in [0.2, 0.25) is 0 Å². The lowest BCUT2D eigenvalue weighted by Gasteiger charge is -2.33. The summed E-state index contributed by atoms with van der Waals surface area (Å²) in [5, 5.41) is 4.21. The Kier molecular flexibility index (Phi) is 5.77. The summed E-state index contributed by atoms with van der Waals surface area (Å²) in [7, 11) is 0. The van der Waals surface area contributed by atoms with E-state index in [1.165, 1.54) is 5.56 Å². The summed E-state index contributed by atoms with van der Waals surface area (Å²) >= 11 is 0. The third-order valence-electron chi connectivity index (χ3n) is 4.95. The molecule has 0 atom stereocenters. The summed E-state index contributed by atoms with van der Waals surface area (Å²) in [4.78, 5) is 4.93. The largest absolute Gasteiger partial charge is 0.359 e. The SMILES string of the molecule is C(=C\c1ccccc1)/CN1CCN(Cc2cc(-c3ccccc3)no2)CC1. The fraction of sp³-hybridized carbons (Fsp3) is 0.261. The Morgan fingerprint density at radius 1 is 0.852 bits per heavy atom. The van der Waals surface area contributed by atoms with E-state index < -0.39 is 0 Å². The van der Waals surface area contributed by atoms with E-state index in [-0.39, 0.29) is 0 Å². The van der Waals surface area contributed by atoms with Gasteiger partial charge in [0.05, 0.1) is 6.54 Å². The molecule has 0 radical (unpaired) electrons. The van der Waals surface area contributed by atoms with Gasteiger partial charge in [-0.2, -0.15) is 0 Å². The predicted molar refractivity (Wildman–Crippen MR) is 109 cm³/mol. The van der Waals surface area contributed by atoms with Crippen molar-refractivity contribution in [1.29, 1.82) is 0 Å². The van der Waals surface area contributed by atoms with Gasteiger partial charge in [0, 0.05) is 44.4 Å². The smallest absolute Gasteiger partial charge is 0.151 e. The summed E-state index contributed by atoms with van der Waals surface area (Å²) < 4.78 is 5.55. The van der Waals surface area contributed by atoms with Gasteiger partial charge in [0.15, 0.2) is 5.76 Å². The van der Waals surface area contributed by atoms with Crippen LogP contribution in [0, 0.1) is 0 Å². The Bertz CT molecular complexity index is 850. The molecule has 0 bridgehead atoms. The van der Waals surface area contributed by atoms with Crippen molar-refractivity contribution in [2.75, 3.05) is 32.7 Å². The molecule has 4 nitrogen and oxygen atoms in total. The molecule has 27 heavy (non-hydrogen) atoms. The Morgan fingerprint density at radius 2 is 1.52 bits per heavy atom. The lowest BCUT2D eigenvalue weighted by molar-refractivity contribution is 0.127. The van der Waals surface area contributed by atoms with Crippen LogP contribution in [0.3, 0.4) is 0 Å². The molecule has 1 saturated heterocycles. The van der Waals surface area contributed by atoms with Crippen LogP contribution in [0.1, 0.15) is 11.3 Å². The molecule has 0 amide bonds. The molecular weight excluding hydrogens is 334 g/mol. The molecule has 2 aromatic carbocycles. The Morgan fingerprint density at radius 3 is 2.26 bits per heavy atom. The monoisotopic (exact) mass is 359 g/mol. The second-order valence-electron chi connectivity index (χ2n) is 6.93. The number of aromatic nitrogens is 1. The van der Waals surface area contributed by atoms with E-state index in [1.54, 1.807) is 0 Å². The summed E-state index contributed by atoms with van der Waals surface area (Å²) in [5.41, 5.74) is 3.27. The van der Waals surface area contributed by atoms with Crippen LogP contribution in [-0.4, -0.2) is 47.7 Å². The molecule has 1 aliphatic heterocycles. The zero-order chi connectivity index (χ0) is 18.3. The second-order valence-corrected chi connectivity index (χ2v) is 6.93. The highest BCUT2D eigenvalue weighted by Gasteiger charge is 2.18. The molecule has 3 aromatic rings. The molecule has 2 heterocycles. The molecule has 4 rings (SSSR count). The second kappa shape index (κ2) is 8.80. The number of hydrogen-bond donors (Lipinski definition) is 0. The molecular formula is C23H25N3O. The topological polar surface area (TPSA) is 32.5 Å². The summed E-state index contributed by atoms with van der Waals surface area (Å²) in [6.07, 6.45) is 4.46. The quantitative estimate of drug-likeness (QED) is 0.661. The van der Waals surface area contributed by atoms with Crippen molar-refractivity contribution in [3.63, 3.8) is 0 Å². The van der Waals surface area contributed by atoms with Gasteiger partial charge in [-0.1, -0.05) is 78.0 Å². The van der Waals surface area contributed by atoms with E-state index >= 15 is 0 Å². The minimum absolute atomic E-state index is 0.827. The van der Waals surface area contributed by atoms with Gasteiger partial charge < -0.3 is 4.52 Å². The molecule has 138 valence electrons. The number of piperazine rings is 1. The molecule has 1 fully saturated rings. The van der Waals surface area contributed by atoms with Crippen molar-refractivity contribution in [3.8, 4) is 11.3 Å². The summed E-state index contributed by atoms with van der Waals surface area (Å²) in [5.74, 6) is 0.936.